The van der Waals surface area contributed by atoms with Gasteiger partial charge in [-0.3, -0.25) is 4.79 Å². The Morgan fingerprint density at radius 1 is 0.792 bits per heavy atom. The van der Waals surface area contributed by atoms with E-state index in [0.717, 1.165) is 33.6 Å². The summed E-state index contributed by atoms with van der Waals surface area (Å²) in [6.45, 7) is 1.51. The Bertz CT molecular complexity index is 1110. The van der Waals surface area contributed by atoms with E-state index < -0.39 is 0 Å². The summed E-state index contributed by atoms with van der Waals surface area (Å²) in [6, 6.07) is 20.5. The van der Waals surface area contributed by atoms with Crippen molar-refractivity contribution < 1.29 is 0 Å². The van der Waals surface area contributed by atoms with Crippen LogP contribution < -0.4 is 5.56 Å². The van der Waals surface area contributed by atoms with Gasteiger partial charge in [0.2, 0.25) is 0 Å². The lowest BCUT2D eigenvalue weighted by Gasteiger charge is -2.17. The van der Waals surface area contributed by atoms with Crippen LogP contribution in [0.3, 0.4) is 0 Å². The summed E-state index contributed by atoms with van der Waals surface area (Å²) in [5.41, 5.74) is 1.13. The quantitative estimate of drug-likeness (QED) is 0.536. The third-order valence-corrected chi connectivity index (χ3v) is 4.63. The van der Waals surface area contributed by atoms with Crippen molar-refractivity contribution in [3.05, 3.63) is 71.0 Å². The molecule has 0 aliphatic rings. The van der Waals surface area contributed by atoms with Gasteiger partial charge in [0.15, 0.2) is 0 Å². The molecule has 0 N–H and O–H groups in total. The van der Waals surface area contributed by atoms with E-state index in [0.29, 0.717) is 6.54 Å². The topological polar surface area (TPSA) is 25.2 Å². The highest BCUT2D eigenvalue weighted by atomic mass is 16.1. The minimum Gasteiger partial charge on any atom is -0.308 e. The Labute approximate surface area is 140 Å². The van der Waals surface area contributed by atoms with Crippen LogP contribution in [-0.4, -0.2) is 30.1 Å². The second kappa shape index (κ2) is 5.77. The largest absolute Gasteiger partial charge is 0.308 e. The number of hydrogen-bond donors (Lipinski definition) is 0. The smallest absolute Gasteiger partial charge is 0.258 e. The van der Waals surface area contributed by atoms with Gasteiger partial charge in [-0.2, -0.15) is 0 Å². The highest BCUT2D eigenvalue weighted by Gasteiger charge is 2.13. The average Bonchev–Trinajstić information content (AvgIpc) is 2.61. The molecule has 0 saturated heterocycles. The first-order valence-corrected chi connectivity index (χ1v) is 8.24. The Morgan fingerprint density at radius 3 is 2.21 bits per heavy atom. The van der Waals surface area contributed by atoms with E-state index in [1.807, 2.05) is 55.1 Å². The first-order chi connectivity index (χ1) is 11.7. The van der Waals surface area contributed by atoms with Gasteiger partial charge in [-0.15, -0.1) is 0 Å². The van der Waals surface area contributed by atoms with Crippen LogP contribution in [0.25, 0.3) is 32.4 Å². The monoisotopic (exact) mass is 316 g/mol. The molecule has 1 heterocycles. The van der Waals surface area contributed by atoms with Crippen LogP contribution in [-0.2, 0) is 6.54 Å². The number of aromatic nitrogens is 1. The van der Waals surface area contributed by atoms with E-state index in [9.17, 15) is 4.79 Å². The van der Waals surface area contributed by atoms with Crippen molar-refractivity contribution in [2.45, 2.75) is 6.54 Å². The van der Waals surface area contributed by atoms with Gasteiger partial charge in [0, 0.05) is 29.2 Å². The standard InChI is InChI=1S/C21H20N2O/c1-22(2)13-14-23-20-16-8-4-3-7-15(16)11-12-18(20)17-9-5-6-10-19(17)21(23)24/h3-12H,13-14H2,1-2H3. The van der Waals surface area contributed by atoms with Crippen molar-refractivity contribution in [3.63, 3.8) is 0 Å². The van der Waals surface area contributed by atoms with E-state index in [1.54, 1.807) is 0 Å². The molecule has 0 aliphatic carbocycles. The fourth-order valence-corrected chi connectivity index (χ4v) is 3.43. The van der Waals surface area contributed by atoms with Crippen LogP contribution in [0, 0.1) is 0 Å². The highest BCUT2D eigenvalue weighted by molar-refractivity contribution is 6.15. The van der Waals surface area contributed by atoms with E-state index in [1.165, 1.54) is 5.39 Å². The van der Waals surface area contributed by atoms with Crippen LogP contribution in [0.15, 0.2) is 65.5 Å². The van der Waals surface area contributed by atoms with Gasteiger partial charge in [0.1, 0.15) is 0 Å². The average molecular weight is 316 g/mol. The van der Waals surface area contributed by atoms with Crippen molar-refractivity contribution in [2.75, 3.05) is 20.6 Å². The van der Waals surface area contributed by atoms with Crippen LogP contribution in [0.2, 0.25) is 0 Å². The van der Waals surface area contributed by atoms with Gasteiger partial charge >= 0.3 is 0 Å². The van der Waals surface area contributed by atoms with Gasteiger partial charge < -0.3 is 9.47 Å². The lowest BCUT2D eigenvalue weighted by Crippen LogP contribution is -2.27. The molecule has 0 unspecified atom stereocenters. The molecule has 24 heavy (non-hydrogen) atoms. The first kappa shape index (κ1) is 14.9. The van der Waals surface area contributed by atoms with Gasteiger partial charge in [-0.1, -0.05) is 54.6 Å². The summed E-state index contributed by atoms with van der Waals surface area (Å²) in [5, 5.41) is 5.26. The maximum atomic E-state index is 13.1. The van der Waals surface area contributed by atoms with Crippen molar-refractivity contribution in [2.24, 2.45) is 0 Å². The molecule has 1 aromatic heterocycles. The number of nitrogens with zero attached hydrogens (tertiary/aromatic N) is 2. The molecule has 4 rings (SSSR count). The Balaban J connectivity index is 2.20. The van der Waals surface area contributed by atoms with Crippen molar-refractivity contribution in [3.8, 4) is 0 Å². The van der Waals surface area contributed by atoms with E-state index in [-0.39, 0.29) is 5.56 Å². The molecule has 0 spiro atoms. The predicted octanol–water partition coefficient (Wildman–Crippen LogP) is 3.87. The molecule has 3 nitrogen and oxygen atoms in total. The summed E-state index contributed by atoms with van der Waals surface area (Å²) in [6.07, 6.45) is 0. The Hall–Kier alpha value is -2.65. The molecule has 0 aliphatic heterocycles. The normalized spacial score (nSPS) is 11.8. The van der Waals surface area contributed by atoms with Crippen LogP contribution in [0.4, 0.5) is 0 Å². The van der Waals surface area contributed by atoms with Crippen LogP contribution in [0.5, 0.6) is 0 Å². The Kier molecular flexibility index (Phi) is 3.58. The van der Waals surface area contributed by atoms with Gasteiger partial charge in [-0.25, -0.2) is 0 Å². The number of benzene rings is 3. The molecule has 0 saturated carbocycles. The minimum atomic E-state index is 0.0938. The fraction of sp³-hybridized carbons (Fsp3) is 0.190. The lowest BCUT2D eigenvalue weighted by molar-refractivity contribution is 0.385. The predicted molar refractivity (Wildman–Crippen MR) is 102 cm³/mol. The zero-order valence-electron chi connectivity index (χ0n) is 14.0. The first-order valence-electron chi connectivity index (χ1n) is 8.24. The minimum absolute atomic E-state index is 0.0938. The second-order valence-corrected chi connectivity index (χ2v) is 6.49. The number of rotatable bonds is 3. The summed E-state index contributed by atoms with van der Waals surface area (Å²) < 4.78 is 1.94. The second-order valence-electron chi connectivity index (χ2n) is 6.49. The van der Waals surface area contributed by atoms with Gasteiger partial charge in [-0.05, 0) is 30.9 Å². The van der Waals surface area contributed by atoms with Crippen LogP contribution in [0.1, 0.15) is 0 Å². The molecule has 0 atom stereocenters. The molecule has 0 amide bonds. The molecule has 4 aromatic rings. The summed E-state index contributed by atoms with van der Waals surface area (Å²) in [7, 11) is 4.07. The molecule has 3 aromatic carbocycles. The molecule has 0 radical (unpaired) electrons. The van der Waals surface area contributed by atoms with E-state index in [4.69, 9.17) is 0 Å². The third-order valence-electron chi connectivity index (χ3n) is 4.63. The van der Waals surface area contributed by atoms with Gasteiger partial charge in [0.05, 0.1) is 5.52 Å². The van der Waals surface area contributed by atoms with Crippen molar-refractivity contribution in [1.82, 2.24) is 9.47 Å². The molecule has 3 heteroatoms. The van der Waals surface area contributed by atoms with Gasteiger partial charge in [0.25, 0.3) is 5.56 Å². The highest BCUT2D eigenvalue weighted by Crippen LogP contribution is 2.29. The molecular weight excluding hydrogens is 296 g/mol. The van der Waals surface area contributed by atoms with Crippen LogP contribution >= 0.6 is 0 Å². The maximum absolute atomic E-state index is 13.1. The zero-order valence-corrected chi connectivity index (χ0v) is 14.0. The fourth-order valence-electron chi connectivity index (χ4n) is 3.43. The Morgan fingerprint density at radius 2 is 1.46 bits per heavy atom. The molecule has 0 bridgehead atoms. The lowest BCUT2D eigenvalue weighted by atomic mass is 10.0. The molecule has 0 fully saturated rings. The number of fused-ring (bicyclic) bond motifs is 5. The number of pyridine rings is 1. The zero-order chi connectivity index (χ0) is 16.7. The third kappa shape index (κ3) is 2.29. The van der Waals surface area contributed by atoms with Crippen molar-refractivity contribution >= 4 is 32.4 Å². The molecule has 120 valence electrons. The maximum Gasteiger partial charge on any atom is 0.258 e. The summed E-state index contributed by atoms with van der Waals surface area (Å²) >= 11 is 0. The van der Waals surface area contributed by atoms with Crippen molar-refractivity contribution in [1.29, 1.82) is 0 Å². The van der Waals surface area contributed by atoms with E-state index in [2.05, 4.69) is 29.2 Å². The number of likely N-dealkylation sites (N-methyl/N-ethyl adjacent to an activating group) is 1. The SMILES string of the molecule is CN(C)CCn1c(=O)c2ccccc2c2ccc3ccccc3c21. The van der Waals surface area contributed by atoms with E-state index >= 15 is 0 Å². The summed E-state index contributed by atoms with van der Waals surface area (Å²) in [5.74, 6) is 0. The molecular formula is C21H20N2O. The summed E-state index contributed by atoms with van der Waals surface area (Å²) in [4.78, 5) is 15.3. The number of hydrogen-bond acceptors (Lipinski definition) is 2.